The lowest BCUT2D eigenvalue weighted by molar-refractivity contribution is 0.272. The van der Waals surface area contributed by atoms with Crippen LogP contribution < -0.4 is 0 Å². The van der Waals surface area contributed by atoms with Gasteiger partial charge in [0, 0.05) is 6.42 Å². The van der Waals surface area contributed by atoms with E-state index in [-0.39, 0.29) is 6.61 Å². The van der Waals surface area contributed by atoms with Gasteiger partial charge in [0.05, 0.1) is 19.5 Å². The molecule has 0 heterocycles. The fraction of sp³-hybridized carbons (Fsp3) is 0.600. The van der Waals surface area contributed by atoms with Crippen LogP contribution in [0.1, 0.15) is 26.2 Å². The molecule has 2 heteroatoms. The van der Waals surface area contributed by atoms with Crippen molar-refractivity contribution in [3.63, 3.8) is 0 Å². The highest BCUT2D eigenvalue weighted by Crippen LogP contribution is 2.26. The summed E-state index contributed by atoms with van der Waals surface area (Å²) < 4.78 is 5.24. The number of ether oxygens (including phenoxy) is 1. The van der Waals surface area contributed by atoms with Crippen molar-refractivity contribution in [1.29, 1.82) is 0 Å². The molecule has 0 bridgehead atoms. The van der Waals surface area contributed by atoms with E-state index < -0.39 is 0 Å². The number of rotatable bonds is 3. The third kappa shape index (κ3) is 1.89. The van der Waals surface area contributed by atoms with Crippen LogP contribution in [-0.4, -0.2) is 18.8 Å². The highest BCUT2D eigenvalue weighted by Gasteiger charge is 2.12. The molecular weight excluding hydrogens is 152 g/mol. The molecule has 0 fully saturated rings. The molecule has 0 spiro atoms. The molecule has 0 unspecified atom stereocenters. The summed E-state index contributed by atoms with van der Waals surface area (Å²) >= 11 is 0. The SMILES string of the molecule is CCC1=C(OC)CC=C(CO)C1. The lowest BCUT2D eigenvalue weighted by Crippen LogP contribution is -2.03. The van der Waals surface area contributed by atoms with Crippen LogP contribution in [0.15, 0.2) is 23.0 Å². The minimum atomic E-state index is 0.181. The van der Waals surface area contributed by atoms with Gasteiger partial charge in [-0.25, -0.2) is 0 Å². The van der Waals surface area contributed by atoms with E-state index in [2.05, 4.69) is 13.0 Å². The second-order valence-electron chi connectivity index (χ2n) is 2.99. The van der Waals surface area contributed by atoms with E-state index in [1.807, 2.05) is 0 Å². The van der Waals surface area contributed by atoms with E-state index in [1.54, 1.807) is 7.11 Å². The predicted octanol–water partition coefficient (Wildman–Crippen LogP) is 2.01. The van der Waals surface area contributed by atoms with Gasteiger partial charge in [0.1, 0.15) is 0 Å². The smallest absolute Gasteiger partial charge is 0.0988 e. The van der Waals surface area contributed by atoms with Gasteiger partial charge in [-0.05, 0) is 24.0 Å². The van der Waals surface area contributed by atoms with Gasteiger partial charge >= 0.3 is 0 Å². The fourth-order valence-electron chi connectivity index (χ4n) is 1.50. The molecule has 1 aliphatic rings. The van der Waals surface area contributed by atoms with Crippen LogP contribution in [0.3, 0.4) is 0 Å². The average molecular weight is 168 g/mol. The number of aliphatic hydroxyl groups excluding tert-OH is 1. The van der Waals surface area contributed by atoms with Crippen LogP contribution in [0.5, 0.6) is 0 Å². The first-order valence-corrected chi connectivity index (χ1v) is 4.35. The number of hydrogen-bond donors (Lipinski definition) is 1. The second-order valence-corrected chi connectivity index (χ2v) is 2.99. The summed E-state index contributed by atoms with van der Waals surface area (Å²) in [5.74, 6) is 1.08. The molecule has 0 saturated heterocycles. The van der Waals surface area contributed by atoms with Crippen LogP contribution >= 0.6 is 0 Å². The molecule has 68 valence electrons. The molecule has 0 aliphatic heterocycles. The molecule has 1 aliphatic carbocycles. The summed E-state index contributed by atoms with van der Waals surface area (Å²) in [6.07, 6.45) is 4.80. The Morgan fingerprint density at radius 3 is 2.83 bits per heavy atom. The first kappa shape index (κ1) is 9.33. The molecule has 0 radical (unpaired) electrons. The number of methoxy groups -OCH3 is 1. The standard InChI is InChI=1S/C10H16O2/c1-3-9-6-8(7-11)4-5-10(9)12-2/h4,11H,3,5-7H2,1-2H3. The highest BCUT2D eigenvalue weighted by molar-refractivity contribution is 5.26. The van der Waals surface area contributed by atoms with Gasteiger partial charge in [-0.1, -0.05) is 13.0 Å². The zero-order valence-corrected chi connectivity index (χ0v) is 7.76. The van der Waals surface area contributed by atoms with Gasteiger partial charge in [-0.3, -0.25) is 0 Å². The van der Waals surface area contributed by atoms with Gasteiger partial charge in [-0.2, -0.15) is 0 Å². The van der Waals surface area contributed by atoms with Gasteiger partial charge in [0.2, 0.25) is 0 Å². The maximum atomic E-state index is 8.93. The normalized spacial score (nSPS) is 17.8. The maximum Gasteiger partial charge on any atom is 0.0988 e. The quantitative estimate of drug-likeness (QED) is 0.653. The Kier molecular flexibility index (Phi) is 3.35. The number of hydrogen-bond acceptors (Lipinski definition) is 2. The van der Waals surface area contributed by atoms with Crippen LogP contribution in [0, 0.1) is 0 Å². The van der Waals surface area contributed by atoms with Crippen LogP contribution in [0.25, 0.3) is 0 Å². The molecule has 0 aromatic rings. The van der Waals surface area contributed by atoms with Gasteiger partial charge < -0.3 is 9.84 Å². The average Bonchev–Trinajstić information content (AvgIpc) is 2.16. The van der Waals surface area contributed by atoms with E-state index >= 15 is 0 Å². The van der Waals surface area contributed by atoms with Crippen molar-refractivity contribution in [2.45, 2.75) is 26.2 Å². The van der Waals surface area contributed by atoms with E-state index in [0.29, 0.717) is 0 Å². The van der Waals surface area contributed by atoms with Gasteiger partial charge in [0.25, 0.3) is 0 Å². The lowest BCUT2D eigenvalue weighted by atomic mass is 9.95. The minimum absolute atomic E-state index is 0.181. The monoisotopic (exact) mass is 168 g/mol. The summed E-state index contributed by atoms with van der Waals surface area (Å²) in [4.78, 5) is 0. The van der Waals surface area contributed by atoms with Gasteiger partial charge in [0.15, 0.2) is 0 Å². The maximum absolute atomic E-state index is 8.93. The molecule has 0 aromatic heterocycles. The Bertz CT molecular complexity index is 214. The van der Waals surface area contributed by atoms with Crippen molar-refractivity contribution in [2.24, 2.45) is 0 Å². The van der Waals surface area contributed by atoms with Crippen molar-refractivity contribution < 1.29 is 9.84 Å². The molecule has 0 atom stereocenters. The Morgan fingerprint density at radius 2 is 2.33 bits per heavy atom. The largest absolute Gasteiger partial charge is 0.501 e. The molecule has 0 saturated carbocycles. The Morgan fingerprint density at radius 1 is 1.58 bits per heavy atom. The minimum Gasteiger partial charge on any atom is -0.501 e. The summed E-state index contributed by atoms with van der Waals surface area (Å²) in [5.41, 5.74) is 2.44. The molecule has 1 rings (SSSR count). The topological polar surface area (TPSA) is 29.5 Å². The molecule has 12 heavy (non-hydrogen) atoms. The third-order valence-electron chi connectivity index (χ3n) is 2.29. The molecule has 2 nitrogen and oxygen atoms in total. The first-order chi connectivity index (χ1) is 5.81. The zero-order chi connectivity index (χ0) is 8.97. The molecule has 1 N–H and O–H groups in total. The fourth-order valence-corrected chi connectivity index (χ4v) is 1.50. The predicted molar refractivity (Wildman–Crippen MR) is 48.7 cm³/mol. The van der Waals surface area contributed by atoms with E-state index in [0.717, 1.165) is 30.6 Å². The third-order valence-corrected chi connectivity index (χ3v) is 2.29. The van der Waals surface area contributed by atoms with Crippen molar-refractivity contribution in [3.8, 4) is 0 Å². The zero-order valence-electron chi connectivity index (χ0n) is 7.76. The molecule has 0 amide bonds. The Balaban J connectivity index is 2.68. The highest BCUT2D eigenvalue weighted by atomic mass is 16.5. The summed E-state index contributed by atoms with van der Waals surface area (Å²) in [6.45, 7) is 2.30. The van der Waals surface area contributed by atoms with E-state index in [9.17, 15) is 0 Å². The van der Waals surface area contributed by atoms with Crippen LogP contribution in [0.2, 0.25) is 0 Å². The summed E-state index contributed by atoms with van der Waals surface area (Å²) in [7, 11) is 1.71. The number of aliphatic hydroxyl groups is 1. The van der Waals surface area contributed by atoms with E-state index in [1.165, 1.54) is 5.57 Å². The number of allylic oxidation sites excluding steroid dienone is 2. The first-order valence-electron chi connectivity index (χ1n) is 4.35. The van der Waals surface area contributed by atoms with Crippen LogP contribution in [0.4, 0.5) is 0 Å². The van der Waals surface area contributed by atoms with Crippen LogP contribution in [-0.2, 0) is 4.74 Å². The summed E-state index contributed by atoms with van der Waals surface area (Å²) in [5, 5.41) is 8.93. The Labute approximate surface area is 73.5 Å². The van der Waals surface area contributed by atoms with Crippen molar-refractivity contribution in [2.75, 3.05) is 13.7 Å². The molecular formula is C10H16O2. The second kappa shape index (κ2) is 4.31. The van der Waals surface area contributed by atoms with Crippen molar-refractivity contribution in [1.82, 2.24) is 0 Å². The molecule has 0 aromatic carbocycles. The van der Waals surface area contributed by atoms with Crippen molar-refractivity contribution in [3.05, 3.63) is 23.0 Å². The lowest BCUT2D eigenvalue weighted by Gasteiger charge is -2.17. The van der Waals surface area contributed by atoms with Crippen molar-refractivity contribution >= 4 is 0 Å². The van der Waals surface area contributed by atoms with E-state index in [4.69, 9.17) is 9.84 Å². The Hall–Kier alpha value is -0.760. The van der Waals surface area contributed by atoms with Gasteiger partial charge in [-0.15, -0.1) is 0 Å². The summed E-state index contributed by atoms with van der Waals surface area (Å²) in [6, 6.07) is 0.